The van der Waals surface area contributed by atoms with Crippen molar-refractivity contribution in [2.75, 3.05) is 25.1 Å². The van der Waals surface area contributed by atoms with E-state index < -0.39 is 104 Å². The van der Waals surface area contributed by atoms with Crippen molar-refractivity contribution in [1.82, 2.24) is 5.32 Å². The molecule has 1 aromatic carbocycles. The van der Waals surface area contributed by atoms with Crippen LogP contribution in [0.3, 0.4) is 0 Å². The van der Waals surface area contributed by atoms with Gasteiger partial charge in [0, 0.05) is 18.8 Å². The van der Waals surface area contributed by atoms with E-state index in [9.17, 15) is 45.3 Å². The largest absolute Gasteiger partial charge is 0.479 e. The standard InChI is InChI=1S/C34H52N2O15/c1-17-24(38)26(40)27(41)32(47-17)51-29-20(12-13-46-22(29)15-35-34(45)36-19-10-6-3-7-11-19)49-33-28(42)30(25(39)23(16-37)50-33)48-21(31(43)44)14-18-8-4-2-5-9-18/h3,6-7,10-11,17-18,20-30,32-33,37-42H,2,4-5,8-9,12-16H2,1H3,(H,43,44)(H2,35,36,45)/t17-,20+,21?,22+,23+,24+,25-,26+,27-,28+,29?,30-,32?,33+/m0/s1. The third-order valence-electron chi connectivity index (χ3n) is 10.1. The van der Waals surface area contributed by atoms with E-state index in [0.29, 0.717) is 5.69 Å². The summed E-state index contributed by atoms with van der Waals surface area (Å²) in [5.41, 5.74) is 0.540. The minimum Gasteiger partial charge on any atom is -0.479 e. The fourth-order valence-corrected chi connectivity index (χ4v) is 7.13. The molecule has 0 bridgehead atoms. The fraction of sp³-hybridized carbons (Fsp3) is 0.765. The number of amides is 2. The van der Waals surface area contributed by atoms with Gasteiger partial charge in [-0.05, 0) is 37.8 Å². The van der Waals surface area contributed by atoms with E-state index in [1.54, 1.807) is 30.3 Å². The summed E-state index contributed by atoms with van der Waals surface area (Å²) >= 11 is 0. The van der Waals surface area contributed by atoms with Gasteiger partial charge in [0.25, 0.3) is 0 Å². The highest BCUT2D eigenvalue weighted by atomic mass is 16.7. The summed E-state index contributed by atoms with van der Waals surface area (Å²) in [7, 11) is 0. The number of para-hydroxylation sites is 1. The zero-order valence-corrected chi connectivity index (χ0v) is 28.5. The second-order valence-electron chi connectivity index (χ2n) is 13.7. The van der Waals surface area contributed by atoms with Gasteiger partial charge in [0.15, 0.2) is 18.7 Å². The van der Waals surface area contributed by atoms with E-state index in [4.69, 9.17) is 28.4 Å². The number of hydrogen-bond donors (Lipinski definition) is 9. The molecule has 1 aromatic rings. The Morgan fingerprint density at radius 2 is 1.55 bits per heavy atom. The molecule has 4 fully saturated rings. The quantitative estimate of drug-likeness (QED) is 0.123. The van der Waals surface area contributed by atoms with Crippen LogP contribution >= 0.6 is 0 Å². The van der Waals surface area contributed by atoms with Crippen molar-refractivity contribution in [3.05, 3.63) is 30.3 Å². The van der Waals surface area contributed by atoms with E-state index in [-0.39, 0.29) is 31.9 Å². The van der Waals surface area contributed by atoms with Crippen LogP contribution in [0.2, 0.25) is 0 Å². The summed E-state index contributed by atoms with van der Waals surface area (Å²) in [6.07, 6.45) is -14.2. The van der Waals surface area contributed by atoms with Gasteiger partial charge in [-0.3, -0.25) is 0 Å². The Bertz CT molecular complexity index is 1240. The summed E-state index contributed by atoms with van der Waals surface area (Å²) in [6.45, 7) is 0.733. The van der Waals surface area contributed by atoms with E-state index in [0.717, 1.165) is 32.1 Å². The van der Waals surface area contributed by atoms with Crippen LogP contribution in [-0.2, 0) is 33.2 Å². The van der Waals surface area contributed by atoms with Crippen LogP contribution < -0.4 is 10.6 Å². The number of aliphatic hydroxyl groups excluding tert-OH is 6. The summed E-state index contributed by atoms with van der Waals surface area (Å²) in [5.74, 6) is -1.14. The SMILES string of the molecule is C[C@@H]1OC(OC2[C@@H](CNC(=O)Nc3ccccc3)OCC[C@H]2O[C@@H]2O[C@H](CO)[C@H](O)[C@H](OC(CC3CCCCC3)C(=O)O)[C@H]2O)[C@@H](O)[C@H](O)[C@@H]1O. The molecule has 3 heterocycles. The molecule has 17 heteroatoms. The van der Waals surface area contributed by atoms with E-state index in [1.807, 2.05) is 0 Å². The number of benzene rings is 1. The number of aliphatic hydroxyl groups is 6. The predicted octanol–water partition coefficient (Wildman–Crippen LogP) is -0.557. The Labute approximate surface area is 295 Å². The third-order valence-corrected chi connectivity index (χ3v) is 10.1. The Hall–Kier alpha value is -2.52. The zero-order chi connectivity index (χ0) is 36.7. The summed E-state index contributed by atoms with van der Waals surface area (Å²) in [6, 6.07) is 8.15. The summed E-state index contributed by atoms with van der Waals surface area (Å²) in [4.78, 5) is 25.0. The summed E-state index contributed by atoms with van der Waals surface area (Å²) in [5, 5.41) is 79.3. The number of aliphatic carboxylic acids is 1. The maximum atomic E-state index is 12.7. The highest BCUT2D eigenvalue weighted by Gasteiger charge is 2.51. The van der Waals surface area contributed by atoms with Crippen molar-refractivity contribution >= 4 is 17.7 Å². The Morgan fingerprint density at radius 1 is 0.843 bits per heavy atom. The molecule has 1 aliphatic carbocycles. The van der Waals surface area contributed by atoms with Gasteiger partial charge in [0.2, 0.25) is 0 Å². The lowest BCUT2D eigenvalue weighted by Crippen LogP contribution is -2.64. The average Bonchev–Trinajstić information content (AvgIpc) is 3.12. The number of carboxylic acid groups (broad SMARTS) is 1. The number of nitrogens with one attached hydrogen (secondary N) is 2. The van der Waals surface area contributed by atoms with Crippen LogP contribution in [0.5, 0.6) is 0 Å². The Morgan fingerprint density at radius 3 is 2.24 bits per heavy atom. The van der Waals surface area contributed by atoms with Gasteiger partial charge in [-0.15, -0.1) is 0 Å². The zero-order valence-electron chi connectivity index (χ0n) is 28.5. The third kappa shape index (κ3) is 10.1. The number of carbonyl (C=O) groups excluding carboxylic acids is 1. The maximum absolute atomic E-state index is 12.7. The van der Waals surface area contributed by atoms with Gasteiger partial charge < -0.3 is 74.8 Å². The van der Waals surface area contributed by atoms with Crippen molar-refractivity contribution in [3.8, 4) is 0 Å². The summed E-state index contributed by atoms with van der Waals surface area (Å²) < 4.78 is 35.7. The minimum atomic E-state index is -1.72. The number of ether oxygens (including phenoxy) is 6. The van der Waals surface area contributed by atoms with E-state index >= 15 is 0 Å². The minimum absolute atomic E-state index is 0.0836. The first kappa shape index (κ1) is 39.7. The normalized spacial score (nSPS) is 38.5. The monoisotopic (exact) mass is 728 g/mol. The van der Waals surface area contributed by atoms with Crippen molar-refractivity contribution in [2.45, 2.75) is 138 Å². The molecule has 0 radical (unpaired) electrons. The number of carboxylic acids is 1. The molecule has 1 saturated carbocycles. The van der Waals surface area contributed by atoms with Crippen molar-refractivity contribution in [2.24, 2.45) is 5.92 Å². The fourth-order valence-electron chi connectivity index (χ4n) is 7.13. The number of rotatable bonds is 13. The van der Waals surface area contributed by atoms with Gasteiger partial charge in [-0.1, -0.05) is 50.3 Å². The molecule has 3 aliphatic heterocycles. The molecule has 3 saturated heterocycles. The molecule has 3 unspecified atom stereocenters. The van der Waals surface area contributed by atoms with Crippen molar-refractivity contribution in [3.63, 3.8) is 0 Å². The lowest BCUT2D eigenvalue weighted by atomic mass is 9.85. The van der Waals surface area contributed by atoms with Crippen LogP contribution in [0.1, 0.15) is 51.9 Å². The van der Waals surface area contributed by atoms with Gasteiger partial charge in [0.1, 0.15) is 54.9 Å². The van der Waals surface area contributed by atoms with Crippen molar-refractivity contribution in [1.29, 1.82) is 0 Å². The average molecular weight is 729 g/mol. The molecule has 51 heavy (non-hydrogen) atoms. The first-order valence-corrected chi connectivity index (χ1v) is 17.7. The maximum Gasteiger partial charge on any atom is 0.332 e. The lowest BCUT2D eigenvalue weighted by molar-refractivity contribution is -0.355. The first-order chi connectivity index (χ1) is 24.5. The van der Waals surface area contributed by atoms with Crippen LogP contribution in [0.15, 0.2) is 30.3 Å². The van der Waals surface area contributed by atoms with Crippen LogP contribution in [0.25, 0.3) is 0 Å². The number of hydrogen-bond acceptors (Lipinski definition) is 14. The molecule has 14 atom stereocenters. The number of urea groups is 1. The second-order valence-corrected chi connectivity index (χ2v) is 13.7. The molecule has 0 aromatic heterocycles. The predicted molar refractivity (Wildman–Crippen MR) is 175 cm³/mol. The first-order valence-electron chi connectivity index (χ1n) is 17.7. The molecule has 5 rings (SSSR count). The molecular formula is C34H52N2O15. The highest BCUT2D eigenvalue weighted by molar-refractivity contribution is 5.89. The molecule has 288 valence electrons. The van der Waals surface area contributed by atoms with E-state index in [1.165, 1.54) is 6.92 Å². The molecular weight excluding hydrogens is 676 g/mol. The number of carbonyl (C=O) groups is 2. The van der Waals surface area contributed by atoms with Gasteiger partial charge in [-0.25, -0.2) is 9.59 Å². The van der Waals surface area contributed by atoms with Crippen molar-refractivity contribution < 1.29 is 73.8 Å². The molecule has 0 spiro atoms. The Kier molecular flexibility index (Phi) is 14.4. The second kappa shape index (κ2) is 18.5. The van der Waals surface area contributed by atoms with Crippen LogP contribution in [0, 0.1) is 5.92 Å². The highest BCUT2D eigenvalue weighted by Crippen LogP contribution is 2.34. The lowest BCUT2D eigenvalue weighted by Gasteiger charge is -2.47. The number of anilines is 1. The topological polar surface area (TPSA) is 255 Å². The molecule has 4 aliphatic rings. The van der Waals surface area contributed by atoms with E-state index in [2.05, 4.69) is 10.6 Å². The van der Waals surface area contributed by atoms with Gasteiger partial charge >= 0.3 is 12.0 Å². The van der Waals surface area contributed by atoms with Gasteiger partial charge in [0.05, 0.1) is 18.8 Å². The molecule has 9 N–H and O–H groups in total. The van der Waals surface area contributed by atoms with Crippen LogP contribution in [0.4, 0.5) is 10.5 Å². The smallest absolute Gasteiger partial charge is 0.332 e. The Balaban J connectivity index is 1.33. The molecule has 17 nitrogen and oxygen atoms in total. The van der Waals surface area contributed by atoms with Gasteiger partial charge in [-0.2, -0.15) is 0 Å². The molecule has 2 amide bonds. The van der Waals surface area contributed by atoms with Crippen LogP contribution in [-0.4, -0.2) is 153 Å².